The molecule has 2 aliphatic carbocycles. The summed E-state index contributed by atoms with van der Waals surface area (Å²) in [7, 11) is 0. The van der Waals surface area contributed by atoms with Crippen molar-refractivity contribution in [1.29, 1.82) is 0 Å². The largest absolute Gasteiger partial charge is 0.313 e. The highest BCUT2D eigenvalue weighted by atomic mass is 15.0. The van der Waals surface area contributed by atoms with Crippen molar-refractivity contribution in [3.05, 3.63) is 175 Å². The van der Waals surface area contributed by atoms with E-state index in [1.54, 1.807) is 0 Å². The number of benzene rings is 6. The first-order valence-electron chi connectivity index (χ1n) is 17.8. The van der Waals surface area contributed by atoms with Gasteiger partial charge in [-0.2, -0.15) is 0 Å². The van der Waals surface area contributed by atoms with E-state index in [1.165, 1.54) is 88.4 Å². The van der Waals surface area contributed by atoms with Gasteiger partial charge >= 0.3 is 0 Å². The van der Waals surface area contributed by atoms with Gasteiger partial charge in [-0.05, 0) is 114 Å². The Labute approximate surface area is 292 Å². The molecule has 6 aromatic carbocycles. The molecular weight excluding hydrogens is 605 g/mol. The van der Waals surface area contributed by atoms with Gasteiger partial charge in [0.25, 0.3) is 0 Å². The van der Waals surface area contributed by atoms with E-state index in [1.807, 2.05) is 0 Å². The Morgan fingerprint density at radius 1 is 0.360 bits per heavy atom. The second kappa shape index (κ2) is 11.8. The number of nitrogens with zero attached hydrogens (tertiary/aromatic N) is 2. The first kappa shape index (κ1) is 28.9. The van der Waals surface area contributed by atoms with E-state index in [2.05, 4.69) is 179 Å². The molecule has 10 rings (SSSR count). The lowest BCUT2D eigenvalue weighted by Crippen LogP contribution is -2.01. The minimum absolute atomic E-state index is 0.990. The van der Waals surface area contributed by atoms with Crippen LogP contribution in [0.1, 0.15) is 31.2 Å². The highest BCUT2D eigenvalue weighted by Crippen LogP contribution is 2.40. The number of para-hydroxylation sites is 2. The predicted octanol–water partition coefficient (Wildman–Crippen LogP) is 13.1. The number of fused-ring (bicyclic) bond motifs is 6. The van der Waals surface area contributed by atoms with Gasteiger partial charge in [0.05, 0.1) is 22.1 Å². The summed E-state index contributed by atoms with van der Waals surface area (Å²) in [4.78, 5) is 0. The molecule has 0 N–H and O–H groups in total. The van der Waals surface area contributed by atoms with Crippen molar-refractivity contribution in [1.82, 2.24) is 9.13 Å². The number of rotatable bonds is 5. The molecule has 2 aromatic heterocycles. The lowest BCUT2D eigenvalue weighted by atomic mass is 9.93. The van der Waals surface area contributed by atoms with Crippen LogP contribution in [0.25, 0.3) is 82.8 Å². The van der Waals surface area contributed by atoms with Crippen molar-refractivity contribution in [2.24, 2.45) is 0 Å². The van der Waals surface area contributed by atoms with Crippen molar-refractivity contribution >= 4 is 60.6 Å². The predicted molar refractivity (Wildman–Crippen MR) is 214 cm³/mol. The molecule has 0 bridgehead atoms. The molecule has 0 saturated heterocycles. The first-order chi connectivity index (χ1) is 24.8. The fourth-order valence-corrected chi connectivity index (χ4v) is 8.28. The molecule has 238 valence electrons. The Kier molecular flexibility index (Phi) is 6.80. The summed E-state index contributed by atoms with van der Waals surface area (Å²) in [5.41, 5.74) is 15.5. The van der Waals surface area contributed by atoms with Crippen molar-refractivity contribution in [2.75, 3.05) is 0 Å². The fraction of sp³-hybridized carbons (Fsp3) is 0.0833. The molecule has 2 heterocycles. The van der Waals surface area contributed by atoms with E-state index in [4.69, 9.17) is 0 Å². The summed E-state index contributed by atoms with van der Waals surface area (Å²) in [6, 6.07) is 51.5. The van der Waals surface area contributed by atoms with Crippen LogP contribution in [0, 0.1) is 0 Å². The van der Waals surface area contributed by atoms with E-state index < -0.39 is 0 Å². The van der Waals surface area contributed by atoms with Crippen LogP contribution in [0.5, 0.6) is 0 Å². The third-order valence-corrected chi connectivity index (χ3v) is 10.7. The molecule has 0 fully saturated rings. The SMILES string of the molecule is C1=CCCC(n2c3ccccc3c3cc(-c4ccc5c(c4)c4ccccc4n5C4=CC=C(c5cccc(-c6ccccc6)c5)CC4)ccc32)=C1. The summed E-state index contributed by atoms with van der Waals surface area (Å²) < 4.78 is 4.96. The Balaban J connectivity index is 1.06. The normalized spacial score (nSPS) is 14.8. The zero-order valence-corrected chi connectivity index (χ0v) is 27.9. The Bertz CT molecular complexity index is 2740. The molecule has 2 aliphatic rings. The standard InChI is InChI=1S/C48H36N2/c1-3-12-33(13-4-1)35-14-11-15-36(30-35)34-22-26-40(27-23-34)50-46-21-10-8-19-42(46)44-32-38(25-29-48(44)50)37-24-28-47-43(31-37)41-18-7-9-20-45(41)49(47)39-16-5-2-6-17-39/h1-5,7-16,18-22,24-26,28-32H,6,17,23,27H2. The molecule has 2 nitrogen and oxygen atoms in total. The summed E-state index contributed by atoms with van der Waals surface area (Å²) in [5.74, 6) is 0. The molecule has 50 heavy (non-hydrogen) atoms. The Morgan fingerprint density at radius 3 is 1.54 bits per heavy atom. The maximum atomic E-state index is 2.49. The molecule has 8 aromatic rings. The highest BCUT2D eigenvalue weighted by molar-refractivity contribution is 6.13. The fourth-order valence-electron chi connectivity index (χ4n) is 8.28. The molecule has 0 saturated carbocycles. The number of allylic oxidation sites excluding steroid dienone is 8. The molecule has 0 unspecified atom stereocenters. The van der Waals surface area contributed by atoms with Crippen LogP contribution in [0.3, 0.4) is 0 Å². The number of hydrogen-bond donors (Lipinski definition) is 0. The van der Waals surface area contributed by atoms with Gasteiger partial charge in [-0.25, -0.2) is 0 Å². The zero-order valence-electron chi connectivity index (χ0n) is 27.9. The molecule has 0 atom stereocenters. The summed E-state index contributed by atoms with van der Waals surface area (Å²) >= 11 is 0. The van der Waals surface area contributed by atoms with Gasteiger partial charge in [-0.15, -0.1) is 0 Å². The highest BCUT2D eigenvalue weighted by Gasteiger charge is 2.19. The van der Waals surface area contributed by atoms with Crippen LogP contribution in [-0.4, -0.2) is 9.13 Å². The quantitative estimate of drug-likeness (QED) is 0.177. The van der Waals surface area contributed by atoms with Crippen LogP contribution in [-0.2, 0) is 0 Å². The molecule has 0 radical (unpaired) electrons. The van der Waals surface area contributed by atoms with Gasteiger partial charge < -0.3 is 9.13 Å². The smallest absolute Gasteiger partial charge is 0.0538 e. The zero-order chi connectivity index (χ0) is 33.0. The molecule has 2 heteroatoms. The Hall–Kier alpha value is -6.12. The lowest BCUT2D eigenvalue weighted by molar-refractivity contribution is 0.979. The van der Waals surface area contributed by atoms with Gasteiger partial charge in [-0.3, -0.25) is 0 Å². The van der Waals surface area contributed by atoms with Crippen molar-refractivity contribution in [3.63, 3.8) is 0 Å². The van der Waals surface area contributed by atoms with Crippen LogP contribution >= 0.6 is 0 Å². The van der Waals surface area contributed by atoms with Gasteiger partial charge in [0.2, 0.25) is 0 Å². The minimum atomic E-state index is 0.990. The third-order valence-electron chi connectivity index (χ3n) is 10.7. The van der Waals surface area contributed by atoms with Gasteiger partial charge in [0, 0.05) is 32.9 Å². The second-order valence-corrected chi connectivity index (χ2v) is 13.6. The van der Waals surface area contributed by atoms with E-state index in [-0.39, 0.29) is 0 Å². The number of hydrogen-bond acceptors (Lipinski definition) is 0. The summed E-state index contributed by atoms with van der Waals surface area (Å²) in [6.07, 6.45) is 15.6. The van der Waals surface area contributed by atoms with Gasteiger partial charge in [0.15, 0.2) is 0 Å². The van der Waals surface area contributed by atoms with E-state index in [9.17, 15) is 0 Å². The summed E-state index contributed by atoms with van der Waals surface area (Å²) in [6.45, 7) is 0. The van der Waals surface area contributed by atoms with Crippen LogP contribution in [0.4, 0.5) is 0 Å². The van der Waals surface area contributed by atoms with Gasteiger partial charge in [0.1, 0.15) is 0 Å². The number of aromatic nitrogens is 2. The van der Waals surface area contributed by atoms with Gasteiger partial charge in [-0.1, -0.05) is 115 Å². The summed E-state index contributed by atoms with van der Waals surface area (Å²) in [5, 5.41) is 5.21. The Morgan fingerprint density at radius 2 is 0.920 bits per heavy atom. The monoisotopic (exact) mass is 640 g/mol. The van der Waals surface area contributed by atoms with Crippen molar-refractivity contribution < 1.29 is 0 Å². The lowest BCUT2D eigenvalue weighted by Gasteiger charge is -2.18. The van der Waals surface area contributed by atoms with Crippen LogP contribution < -0.4 is 0 Å². The van der Waals surface area contributed by atoms with E-state index in [0.717, 1.165) is 25.7 Å². The third kappa shape index (κ3) is 4.71. The maximum absolute atomic E-state index is 2.49. The second-order valence-electron chi connectivity index (χ2n) is 13.6. The van der Waals surface area contributed by atoms with Crippen molar-refractivity contribution in [2.45, 2.75) is 25.7 Å². The molecule has 0 spiro atoms. The first-order valence-corrected chi connectivity index (χ1v) is 17.8. The van der Waals surface area contributed by atoms with E-state index in [0.29, 0.717) is 0 Å². The average molecular weight is 641 g/mol. The topological polar surface area (TPSA) is 9.86 Å². The molecular formula is C48H36N2. The van der Waals surface area contributed by atoms with Crippen molar-refractivity contribution in [3.8, 4) is 22.3 Å². The molecule has 0 amide bonds. The molecule has 0 aliphatic heterocycles. The average Bonchev–Trinajstić information content (AvgIpc) is 3.71. The van der Waals surface area contributed by atoms with Crippen LogP contribution in [0.15, 0.2) is 170 Å². The maximum Gasteiger partial charge on any atom is 0.0538 e. The van der Waals surface area contributed by atoms with Crippen LogP contribution in [0.2, 0.25) is 0 Å². The minimum Gasteiger partial charge on any atom is -0.313 e. The van der Waals surface area contributed by atoms with E-state index >= 15 is 0 Å².